The second kappa shape index (κ2) is 12.0. The zero-order valence-electron chi connectivity index (χ0n) is 22.6. The van der Waals surface area contributed by atoms with Crippen LogP contribution in [0.25, 0.3) is 5.57 Å². The summed E-state index contributed by atoms with van der Waals surface area (Å²) in [6, 6.07) is 25.7. The normalized spacial score (nSPS) is 15.7. The van der Waals surface area contributed by atoms with E-state index in [2.05, 4.69) is 4.90 Å². The number of aliphatic hydroxyl groups is 1. The van der Waals surface area contributed by atoms with Crippen LogP contribution >= 0.6 is 23.2 Å². The lowest BCUT2D eigenvalue weighted by Gasteiger charge is -2.50. The van der Waals surface area contributed by atoms with Gasteiger partial charge in [-0.1, -0.05) is 108 Å². The third kappa shape index (κ3) is 6.56. The Labute approximate surface area is 259 Å². The van der Waals surface area contributed by atoms with E-state index in [1.165, 1.54) is 24.3 Å². The van der Waals surface area contributed by atoms with E-state index in [1.54, 1.807) is 0 Å². The Morgan fingerprint density at radius 2 is 1.32 bits per heavy atom. The molecule has 4 aromatic rings. The van der Waals surface area contributed by atoms with Crippen LogP contribution in [0.2, 0.25) is 10.0 Å². The first kappa shape index (κ1) is 31.8. The van der Waals surface area contributed by atoms with Crippen molar-refractivity contribution in [2.75, 3.05) is 13.1 Å². The summed E-state index contributed by atoms with van der Waals surface area (Å²) in [4.78, 5) is 15.0. The van der Waals surface area contributed by atoms with Crippen LogP contribution < -0.4 is 0 Å². The van der Waals surface area contributed by atoms with Crippen molar-refractivity contribution < 1.29 is 36.2 Å². The van der Waals surface area contributed by atoms with Gasteiger partial charge in [-0.15, -0.1) is 0 Å². The van der Waals surface area contributed by atoms with Gasteiger partial charge in [0.05, 0.1) is 27.2 Å². The number of alkyl halides is 6. The zero-order chi connectivity index (χ0) is 31.9. The molecule has 228 valence electrons. The van der Waals surface area contributed by atoms with Gasteiger partial charge < -0.3 is 5.11 Å². The lowest BCUT2D eigenvalue weighted by molar-refractivity contribution is -0.137. The predicted octanol–water partition coefficient (Wildman–Crippen LogP) is 9.13. The summed E-state index contributed by atoms with van der Waals surface area (Å²) < 4.78 is 82.0. The van der Waals surface area contributed by atoms with E-state index in [0.29, 0.717) is 11.6 Å². The van der Waals surface area contributed by atoms with Crippen molar-refractivity contribution in [1.82, 2.24) is 4.90 Å². The summed E-state index contributed by atoms with van der Waals surface area (Å²) in [5.41, 5.74) is -3.02. The van der Waals surface area contributed by atoms with Crippen LogP contribution in [-0.4, -0.2) is 35.1 Å². The van der Waals surface area contributed by atoms with E-state index in [9.17, 15) is 36.2 Å². The minimum atomic E-state index is -5.19. The summed E-state index contributed by atoms with van der Waals surface area (Å²) in [7, 11) is 0. The highest BCUT2D eigenvalue weighted by atomic mass is 35.5. The average Bonchev–Trinajstić information content (AvgIpc) is 2.96. The first-order valence-electron chi connectivity index (χ1n) is 13.2. The summed E-state index contributed by atoms with van der Waals surface area (Å²) >= 11 is 11.3. The van der Waals surface area contributed by atoms with Gasteiger partial charge in [0, 0.05) is 18.7 Å². The number of nitrogens with zero attached hydrogens (tertiary/aromatic N) is 1. The molecule has 1 aliphatic rings. The van der Waals surface area contributed by atoms with Crippen molar-refractivity contribution in [1.29, 1.82) is 0 Å². The monoisotopic (exact) mass is 649 g/mol. The molecule has 0 saturated carbocycles. The molecule has 0 bridgehead atoms. The third-order valence-corrected chi connectivity index (χ3v) is 8.26. The summed E-state index contributed by atoms with van der Waals surface area (Å²) in [5.74, 6) is -1.10. The number of likely N-dealkylation sites (tertiary alicyclic amines) is 1. The minimum Gasteiger partial charge on any atom is -0.382 e. The van der Waals surface area contributed by atoms with E-state index < -0.39 is 50.5 Å². The number of halogens is 8. The molecular weight excluding hydrogens is 627 g/mol. The standard InChI is InChI=1S/C33H23Cl2F6NO2/c34-27-16-23(15-26(29(27)35)33(39,40)41)25(32(36,37)38)17-28(43)20-11-13-24(14-12-20)31(44)18-42(19-31)30(21-7-3-1-4-8-21)22-9-5-2-6-10-22/h1-17,30,44H,18-19H2. The molecule has 5 rings (SSSR count). The Morgan fingerprint density at radius 1 is 0.795 bits per heavy atom. The van der Waals surface area contributed by atoms with E-state index >= 15 is 0 Å². The molecule has 1 aliphatic heterocycles. The molecule has 0 spiro atoms. The molecule has 0 unspecified atom stereocenters. The number of hydrogen-bond donors (Lipinski definition) is 1. The SMILES string of the molecule is O=C(C=C(c1cc(Cl)c(Cl)c(C(F)(F)F)c1)C(F)(F)F)c1ccc(C2(O)CN(C(c3ccccc3)c3ccccc3)C2)cc1. The van der Waals surface area contributed by atoms with Gasteiger partial charge in [-0.25, -0.2) is 0 Å². The third-order valence-electron chi connectivity index (χ3n) is 7.46. The first-order valence-corrected chi connectivity index (χ1v) is 14.0. The van der Waals surface area contributed by atoms with E-state index in [-0.39, 0.29) is 36.8 Å². The Balaban J connectivity index is 1.38. The molecule has 0 amide bonds. The van der Waals surface area contributed by atoms with Gasteiger partial charge in [0.1, 0.15) is 5.60 Å². The van der Waals surface area contributed by atoms with Crippen molar-refractivity contribution in [2.45, 2.75) is 24.0 Å². The second-order valence-corrected chi connectivity index (χ2v) is 11.3. The maximum Gasteiger partial charge on any atom is 0.417 e. The maximum atomic E-state index is 13.9. The highest BCUT2D eigenvalue weighted by molar-refractivity contribution is 6.42. The molecule has 1 heterocycles. The largest absolute Gasteiger partial charge is 0.417 e. The lowest BCUT2D eigenvalue weighted by atomic mass is 9.82. The topological polar surface area (TPSA) is 40.5 Å². The minimum absolute atomic E-state index is 0.122. The van der Waals surface area contributed by atoms with Crippen molar-refractivity contribution in [2.24, 2.45) is 0 Å². The second-order valence-electron chi connectivity index (χ2n) is 10.5. The van der Waals surface area contributed by atoms with Crippen LogP contribution in [0.4, 0.5) is 26.3 Å². The van der Waals surface area contributed by atoms with Crippen LogP contribution in [0.5, 0.6) is 0 Å². The van der Waals surface area contributed by atoms with Gasteiger partial charge >= 0.3 is 12.4 Å². The van der Waals surface area contributed by atoms with Crippen LogP contribution in [-0.2, 0) is 11.8 Å². The number of allylic oxidation sites excluding steroid dienone is 2. The zero-order valence-corrected chi connectivity index (χ0v) is 24.1. The molecule has 1 N–H and O–H groups in total. The molecule has 0 aliphatic carbocycles. The molecule has 0 radical (unpaired) electrons. The van der Waals surface area contributed by atoms with Gasteiger partial charge in [-0.05, 0) is 40.5 Å². The number of carbonyl (C=O) groups is 1. The Morgan fingerprint density at radius 3 is 1.80 bits per heavy atom. The molecule has 0 atom stereocenters. The smallest absolute Gasteiger partial charge is 0.382 e. The average molecular weight is 650 g/mol. The van der Waals surface area contributed by atoms with E-state index in [4.69, 9.17) is 23.2 Å². The molecule has 44 heavy (non-hydrogen) atoms. The molecule has 3 nitrogen and oxygen atoms in total. The van der Waals surface area contributed by atoms with Gasteiger partial charge in [-0.2, -0.15) is 26.3 Å². The van der Waals surface area contributed by atoms with Crippen LogP contribution in [0, 0.1) is 0 Å². The predicted molar refractivity (Wildman–Crippen MR) is 156 cm³/mol. The Kier molecular flexibility index (Phi) is 8.70. The van der Waals surface area contributed by atoms with E-state index in [0.717, 1.165) is 11.1 Å². The number of benzene rings is 4. The Bertz CT molecular complexity index is 1640. The maximum absolute atomic E-state index is 13.9. The molecular formula is C33H23Cl2F6NO2. The molecule has 4 aromatic carbocycles. The summed E-state index contributed by atoms with van der Waals surface area (Å²) in [5, 5.41) is 9.67. The first-order chi connectivity index (χ1) is 20.7. The van der Waals surface area contributed by atoms with Gasteiger partial charge in [0.15, 0.2) is 5.78 Å². The van der Waals surface area contributed by atoms with Gasteiger partial charge in [0.25, 0.3) is 0 Å². The van der Waals surface area contributed by atoms with Crippen molar-refractivity contribution >= 4 is 34.6 Å². The molecule has 11 heteroatoms. The van der Waals surface area contributed by atoms with Crippen molar-refractivity contribution in [3.63, 3.8) is 0 Å². The summed E-state index contributed by atoms with van der Waals surface area (Å²) in [6.07, 6.45) is -10.0. The number of carbonyl (C=O) groups excluding carboxylic acids is 1. The number of hydrogen-bond acceptors (Lipinski definition) is 3. The van der Waals surface area contributed by atoms with Crippen LogP contribution in [0.3, 0.4) is 0 Å². The fourth-order valence-electron chi connectivity index (χ4n) is 5.31. The van der Waals surface area contributed by atoms with E-state index in [1.807, 2.05) is 60.7 Å². The molecule has 1 fully saturated rings. The van der Waals surface area contributed by atoms with Crippen LogP contribution in [0.15, 0.2) is 103 Å². The fraction of sp³-hybridized carbons (Fsp3) is 0.182. The quantitative estimate of drug-likeness (QED) is 0.123. The fourth-order valence-corrected chi connectivity index (χ4v) is 5.75. The summed E-state index contributed by atoms with van der Waals surface area (Å²) in [6.45, 7) is 0.511. The molecule has 0 aromatic heterocycles. The van der Waals surface area contributed by atoms with Crippen molar-refractivity contribution in [3.05, 3.63) is 147 Å². The van der Waals surface area contributed by atoms with Gasteiger partial charge in [0.2, 0.25) is 0 Å². The van der Waals surface area contributed by atoms with Crippen molar-refractivity contribution in [3.8, 4) is 0 Å². The number of ketones is 1. The molecule has 1 saturated heterocycles. The van der Waals surface area contributed by atoms with Gasteiger partial charge in [-0.3, -0.25) is 9.69 Å². The Hall–Kier alpha value is -3.63. The lowest BCUT2D eigenvalue weighted by Crippen LogP contribution is -2.60. The number of β-amino-alcohol motifs (C(OH)–C–C–N with tert-alkyl or cyclic N) is 1. The van der Waals surface area contributed by atoms with Crippen LogP contribution in [0.1, 0.15) is 44.2 Å². The highest BCUT2D eigenvalue weighted by Crippen LogP contribution is 2.44. The highest BCUT2D eigenvalue weighted by Gasteiger charge is 2.46. The number of rotatable bonds is 7.